The Kier molecular flexibility index (Phi) is 5.41. The summed E-state index contributed by atoms with van der Waals surface area (Å²) in [6.45, 7) is 2.36. The summed E-state index contributed by atoms with van der Waals surface area (Å²) in [5.41, 5.74) is 3.61. The van der Waals surface area contributed by atoms with Crippen LogP contribution in [0.2, 0.25) is 0 Å². The van der Waals surface area contributed by atoms with Crippen LogP contribution in [0.25, 0.3) is 11.1 Å². The van der Waals surface area contributed by atoms with Gasteiger partial charge in [0.05, 0.1) is 12.7 Å². The first-order chi connectivity index (χ1) is 15.5. The Hall–Kier alpha value is -2.86. The highest BCUT2D eigenvalue weighted by Gasteiger charge is 2.55. The molecule has 2 saturated heterocycles. The highest BCUT2D eigenvalue weighted by Crippen LogP contribution is 2.65. The largest absolute Gasteiger partial charge is 0.496 e. The average molecular weight is 436 g/mol. The van der Waals surface area contributed by atoms with Crippen LogP contribution >= 0.6 is 0 Å². The molecule has 1 N–H and O–H groups in total. The molecule has 1 saturated carbocycles. The lowest BCUT2D eigenvalue weighted by atomic mass is 9.88. The van der Waals surface area contributed by atoms with Crippen LogP contribution < -0.4 is 4.74 Å². The van der Waals surface area contributed by atoms with Gasteiger partial charge in [0.25, 0.3) is 5.91 Å². The van der Waals surface area contributed by atoms with Crippen molar-refractivity contribution in [1.82, 2.24) is 4.90 Å². The summed E-state index contributed by atoms with van der Waals surface area (Å²) in [7, 11) is 1.59. The molecule has 5 rings (SSSR count). The van der Waals surface area contributed by atoms with Crippen LogP contribution in [-0.2, 0) is 9.53 Å². The minimum atomic E-state index is -0.949. The molecule has 0 radical (unpaired) electrons. The predicted molar refractivity (Wildman–Crippen MR) is 120 cm³/mol. The Morgan fingerprint density at radius 1 is 1.12 bits per heavy atom. The van der Waals surface area contributed by atoms with E-state index in [0.29, 0.717) is 23.7 Å². The molecule has 6 heteroatoms. The molecular weight excluding hydrogens is 406 g/mol. The number of hydrogen-bond donors (Lipinski definition) is 1. The topological polar surface area (TPSA) is 76.1 Å². The van der Waals surface area contributed by atoms with Gasteiger partial charge in [0.1, 0.15) is 11.9 Å². The average Bonchev–Trinajstić information content (AvgIpc) is 3.24. The Bertz CT molecular complexity index is 1020. The molecule has 0 unspecified atom stereocenters. The number of likely N-dealkylation sites (tertiary alicyclic amines) is 1. The van der Waals surface area contributed by atoms with Gasteiger partial charge in [-0.3, -0.25) is 4.79 Å². The molecule has 1 amide bonds. The number of piperidine rings is 1. The standard InChI is InChI=1S/C26H29NO5/c1-31-22-9-8-19(25(29)30)15-20(22)17-4-6-18(7-5-17)21-16-26(21)10-12-27(13-11-26)24(28)23-3-2-14-32-23/h4-9,15,21,23H,2-3,10-14,16H2,1H3,(H,29,30)/t21-,23-/m1/s1. The Labute approximate surface area is 188 Å². The van der Waals surface area contributed by atoms with Gasteiger partial charge < -0.3 is 19.5 Å². The summed E-state index contributed by atoms with van der Waals surface area (Å²) in [4.78, 5) is 26.0. The molecule has 2 aliphatic heterocycles. The van der Waals surface area contributed by atoms with Crippen LogP contribution in [0.15, 0.2) is 42.5 Å². The number of hydrogen-bond acceptors (Lipinski definition) is 4. The van der Waals surface area contributed by atoms with Crippen LogP contribution in [0.4, 0.5) is 0 Å². The number of benzene rings is 2. The smallest absolute Gasteiger partial charge is 0.335 e. The SMILES string of the molecule is COc1ccc(C(=O)O)cc1-c1ccc([C@H]2CC23CCN(C(=O)[C@H]2CCCO2)CC3)cc1. The van der Waals surface area contributed by atoms with Gasteiger partial charge in [-0.15, -0.1) is 0 Å². The zero-order valence-corrected chi connectivity index (χ0v) is 18.4. The van der Waals surface area contributed by atoms with E-state index in [1.165, 1.54) is 12.0 Å². The van der Waals surface area contributed by atoms with E-state index in [9.17, 15) is 14.7 Å². The summed E-state index contributed by atoms with van der Waals surface area (Å²) in [5, 5.41) is 9.33. The quantitative estimate of drug-likeness (QED) is 0.756. The van der Waals surface area contributed by atoms with Crippen LogP contribution in [0.5, 0.6) is 5.75 Å². The van der Waals surface area contributed by atoms with Crippen LogP contribution in [0.1, 0.15) is 53.9 Å². The molecule has 32 heavy (non-hydrogen) atoms. The second kappa shape index (κ2) is 8.24. The maximum Gasteiger partial charge on any atom is 0.335 e. The predicted octanol–water partition coefficient (Wildman–Crippen LogP) is 4.34. The van der Waals surface area contributed by atoms with Crippen molar-refractivity contribution in [2.45, 2.75) is 44.1 Å². The highest BCUT2D eigenvalue weighted by atomic mass is 16.5. The fourth-order valence-corrected chi connectivity index (χ4v) is 5.48. The number of carbonyl (C=O) groups is 2. The highest BCUT2D eigenvalue weighted by molar-refractivity contribution is 5.90. The van der Waals surface area contributed by atoms with Crippen molar-refractivity contribution in [3.8, 4) is 16.9 Å². The zero-order chi connectivity index (χ0) is 22.3. The third-order valence-corrected chi connectivity index (χ3v) is 7.54. The van der Waals surface area contributed by atoms with Crippen molar-refractivity contribution in [3.05, 3.63) is 53.6 Å². The first kappa shape index (κ1) is 21.0. The normalized spacial score (nSPS) is 23.8. The second-order valence-electron chi connectivity index (χ2n) is 9.29. The van der Waals surface area contributed by atoms with Crippen molar-refractivity contribution < 1.29 is 24.2 Å². The fraction of sp³-hybridized carbons (Fsp3) is 0.462. The molecule has 2 aromatic carbocycles. The van der Waals surface area contributed by atoms with Crippen molar-refractivity contribution in [1.29, 1.82) is 0 Å². The number of methoxy groups -OCH3 is 1. The molecular formula is C26H29NO5. The summed E-state index contributed by atoms with van der Waals surface area (Å²) < 4.78 is 11.0. The van der Waals surface area contributed by atoms with Gasteiger partial charge >= 0.3 is 5.97 Å². The van der Waals surface area contributed by atoms with Gasteiger partial charge in [-0.25, -0.2) is 4.79 Å². The molecule has 3 fully saturated rings. The molecule has 2 heterocycles. The van der Waals surface area contributed by atoms with E-state index >= 15 is 0 Å². The number of rotatable bonds is 5. The van der Waals surface area contributed by atoms with Gasteiger partial charge in [-0.1, -0.05) is 24.3 Å². The van der Waals surface area contributed by atoms with E-state index in [4.69, 9.17) is 9.47 Å². The lowest BCUT2D eigenvalue weighted by Gasteiger charge is -2.34. The number of carboxylic acid groups (broad SMARTS) is 1. The lowest BCUT2D eigenvalue weighted by Crippen LogP contribution is -2.44. The number of ether oxygens (including phenoxy) is 2. The maximum absolute atomic E-state index is 12.6. The number of nitrogens with zero attached hydrogens (tertiary/aromatic N) is 1. The van der Waals surface area contributed by atoms with Crippen LogP contribution in [0, 0.1) is 5.41 Å². The van der Waals surface area contributed by atoms with E-state index in [1.807, 2.05) is 4.90 Å². The second-order valence-corrected chi connectivity index (χ2v) is 9.29. The minimum Gasteiger partial charge on any atom is -0.496 e. The van der Waals surface area contributed by atoms with Gasteiger partial charge in [-0.05, 0) is 72.8 Å². The van der Waals surface area contributed by atoms with Gasteiger partial charge in [0, 0.05) is 25.3 Å². The Morgan fingerprint density at radius 2 is 1.88 bits per heavy atom. The number of aromatic carboxylic acids is 1. The van der Waals surface area contributed by atoms with Gasteiger partial charge in [0.15, 0.2) is 0 Å². The van der Waals surface area contributed by atoms with E-state index in [0.717, 1.165) is 49.9 Å². The van der Waals surface area contributed by atoms with E-state index < -0.39 is 5.97 Å². The van der Waals surface area contributed by atoms with Crippen molar-refractivity contribution in [2.24, 2.45) is 5.41 Å². The molecule has 0 aromatic heterocycles. The molecule has 3 aliphatic rings. The molecule has 2 aromatic rings. The lowest BCUT2D eigenvalue weighted by molar-refractivity contribution is -0.142. The molecule has 168 valence electrons. The number of carbonyl (C=O) groups excluding carboxylic acids is 1. The molecule has 0 bridgehead atoms. The summed E-state index contributed by atoms with van der Waals surface area (Å²) in [6.07, 6.45) is 4.89. The first-order valence-corrected chi connectivity index (χ1v) is 11.4. The Morgan fingerprint density at radius 3 is 2.50 bits per heavy atom. The molecule has 1 aliphatic carbocycles. The minimum absolute atomic E-state index is 0.177. The number of carboxylic acids is 1. The monoisotopic (exact) mass is 435 g/mol. The van der Waals surface area contributed by atoms with Gasteiger partial charge in [0.2, 0.25) is 0 Å². The fourth-order valence-electron chi connectivity index (χ4n) is 5.48. The van der Waals surface area contributed by atoms with E-state index in [2.05, 4.69) is 24.3 Å². The van der Waals surface area contributed by atoms with Crippen LogP contribution in [0.3, 0.4) is 0 Å². The van der Waals surface area contributed by atoms with E-state index in [-0.39, 0.29) is 17.6 Å². The number of amides is 1. The third-order valence-electron chi connectivity index (χ3n) is 7.54. The van der Waals surface area contributed by atoms with E-state index in [1.54, 1.807) is 25.3 Å². The third kappa shape index (κ3) is 3.77. The van der Waals surface area contributed by atoms with Crippen molar-refractivity contribution >= 4 is 11.9 Å². The van der Waals surface area contributed by atoms with Crippen molar-refractivity contribution in [2.75, 3.05) is 26.8 Å². The first-order valence-electron chi connectivity index (χ1n) is 11.4. The summed E-state index contributed by atoms with van der Waals surface area (Å²) in [5.74, 6) is 0.420. The van der Waals surface area contributed by atoms with Gasteiger partial charge in [-0.2, -0.15) is 0 Å². The Balaban J connectivity index is 1.26. The summed E-state index contributed by atoms with van der Waals surface area (Å²) >= 11 is 0. The van der Waals surface area contributed by atoms with Crippen molar-refractivity contribution in [3.63, 3.8) is 0 Å². The molecule has 6 nitrogen and oxygen atoms in total. The maximum atomic E-state index is 12.6. The summed E-state index contributed by atoms with van der Waals surface area (Å²) in [6, 6.07) is 13.4. The zero-order valence-electron chi connectivity index (χ0n) is 18.4. The molecule has 2 atom stereocenters. The molecule has 1 spiro atoms. The van der Waals surface area contributed by atoms with Crippen LogP contribution in [-0.4, -0.2) is 54.8 Å².